The average Bonchev–Trinajstić information content (AvgIpc) is 3.01. The predicted molar refractivity (Wildman–Crippen MR) is 56.9 cm³/mol. The minimum absolute atomic E-state index is 0.0421. The van der Waals surface area contributed by atoms with Crippen LogP contribution < -0.4 is 0 Å². The van der Waals surface area contributed by atoms with Crippen LogP contribution >= 0.6 is 0 Å². The van der Waals surface area contributed by atoms with Crippen LogP contribution in [0.4, 0.5) is 0 Å². The molecular formula is C11H19NO4. The fourth-order valence-corrected chi connectivity index (χ4v) is 2.16. The third-order valence-corrected chi connectivity index (χ3v) is 3.41. The highest BCUT2D eigenvalue weighted by molar-refractivity contribution is 5.81. The van der Waals surface area contributed by atoms with Crippen molar-refractivity contribution in [2.45, 2.75) is 31.1 Å². The Hall–Kier alpha value is -0.650. The Labute approximate surface area is 95.3 Å². The summed E-state index contributed by atoms with van der Waals surface area (Å²) < 4.78 is 10.4. The maximum absolute atomic E-state index is 12.1. The largest absolute Gasteiger partial charge is 0.388 e. The molecule has 1 heterocycles. The molecule has 16 heavy (non-hydrogen) atoms. The molecule has 0 spiro atoms. The van der Waals surface area contributed by atoms with E-state index in [0.29, 0.717) is 19.1 Å². The number of hydrogen-bond acceptors (Lipinski definition) is 4. The van der Waals surface area contributed by atoms with Gasteiger partial charge in [0.15, 0.2) is 0 Å². The highest BCUT2D eigenvalue weighted by Gasteiger charge is 2.41. The van der Waals surface area contributed by atoms with Gasteiger partial charge >= 0.3 is 0 Å². The first kappa shape index (κ1) is 11.8. The quantitative estimate of drug-likeness (QED) is 0.714. The highest BCUT2D eigenvalue weighted by Crippen LogP contribution is 2.35. The first-order valence-corrected chi connectivity index (χ1v) is 5.70. The zero-order valence-electron chi connectivity index (χ0n) is 9.76. The first-order chi connectivity index (χ1) is 7.65. The minimum Gasteiger partial charge on any atom is -0.388 e. The Morgan fingerprint density at radius 1 is 1.50 bits per heavy atom. The van der Waals surface area contributed by atoms with Gasteiger partial charge in [-0.2, -0.15) is 0 Å². The van der Waals surface area contributed by atoms with Crippen LogP contribution in [0, 0.1) is 5.92 Å². The van der Waals surface area contributed by atoms with E-state index in [1.807, 2.05) is 0 Å². The molecule has 1 amide bonds. The second-order valence-electron chi connectivity index (χ2n) is 4.62. The minimum atomic E-state index is -0.578. The third kappa shape index (κ3) is 2.21. The van der Waals surface area contributed by atoms with Crippen molar-refractivity contribution in [3.8, 4) is 0 Å². The fraction of sp³-hybridized carbons (Fsp3) is 0.909. The van der Waals surface area contributed by atoms with Crippen molar-refractivity contribution in [2.75, 3.05) is 27.4 Å². The topological polar surface area (TPSA) is 59.0 Å². The Morgan fingerprint density at radius 2 is 2.19 bits per heavy atom. The third-order valence-electron chi connectivity index (χ3n) is 3.41. The number of likely N-dealkylation sites (N-methyl/N-ethyl adjacent to an activating group) is 1. The monoisotopic (exact) mass is 229 g/mol. The molecule has 2 aliphatic rings. The summed E-state index contributed by atoms with van der Waals surface area (Å²) in [5.74, 6) is 0.318. The van der Waals surface area contributed by atoms with Crippen LogP contribution in [0.3, 0.4) is 0 Å². The summed E-state index contributed by atoms with van der Waals surface area (Å²) in [7, 11) is 3.27. The molecule has 1 N–H and O–H groups in total. The van der Waals surface area contributed by atoms with Gasteiger partial charge in [0.2, 0.25) is 0 Å². The maximum Gasteiger partial charge on any atom is 0.252 e. The molecular weight excluding hydrogens is 210 g/mol. The van der Waals surface area contributed by atoms with Crippen molar-refractivity contribution in [3.63, 3.8) is 0 Å². The molecule has 0 aromatic rings. The standard InChI is InChI=1S/C11H19NO4/c1-12(8-5-16-6-9(8)13)11(14)10(15-2)7-3-4-7/h7-10,13H,3-6H2,1-2H3/t8-,9-,10-/m1/s1. The first-order valence-electron chi connectivity index (χ1n) is 5.70. The Kier molecular flexibility index (Phi) is 3.47. The Bertz CT molecular complexity index is 267. The second kappa shape index (κ2) is 4.69. The highest BCUT2D eigenvalue weighted by atomic mass is 16.5. The van der Waals surface area contributed by atoms with Gasteiger partial charge < -0.3 is 19.5 Å². The van der Waals surface area contributed by atoms with E-state index in [2.05, 4.69) is 0 Å². The molecule has 1 saturated carbocycles. The molecule has 0 aromatic heterocycles. The lowest BCUT2D eigenvalue weighted by atomic mass is 10.1. The fourth-order valence-electron chi connectivity index (χ4n) is 2.16. The lowest BCUT2D eigenvalue weighted by Gasteiger charge is -2.29. The average molecular weight is 229 g/mol. The number of aliphatic hydroxyl groups is 1. The molecule has 1 aliphatic heterocycles. The molecule has 5 nitrogen and oxygen atoms in total. The molecule has 2 rings (SSSR count). The molecule has 92 valence electrons. The summed E-state index contributed by atoms with van der Waals surface area (Å²) in [6.07, 6.45) is 1.19. The molecule has 0 bridgehead atoms. The molecule has 1 saturated heterocycles. The van der Waals surface area contributed by atoms with Crippen LogP contribution in [0.25, 0.3) is 0 Å². The van der Waals surface area contributed by atoms with Crippen LogP contribution in [0.2, 0.25) is 0 Å². The summed E-state index contributed by atoms with van der Waals surface area (Å²) in [4.78, 5) is 13.7. The normalized spacial score (nSPS) is 31.4. The summed E-state index contributed by atoms with van der Waals surface area (Å²) in [6, 6.07) is -0.233. The molecule has 2 fully saturated rings. The maximum atomic E-state index is 12.1. The van der Waals surface area contributed by atoms with Crippen molar-refractivity contribution < 1.29 is 19.4 Å². The van der Waals surface area contributed by atoms with Gasteiger partial charge in [0, 0.05) is 14.2 Å². The van der Waals surface area contributed by atoms with Crippen LogP contribution in [-0.4, -0.2) is 61.5 Å². The van der Waals surface area contributed by atoms with E-state index in [1.165, 1.54) is 0 Å². The van der Waals surface area contributed by atoms with Gasteiger partial charge in [-0.3, -0.25) is 4.79 Å². The van der Waals surface area contributed by atoms with E-state index in [1.54, 1.807) is 19.1 Å². The van der Waals surface area contributed by atoms with Gasteiger partial charge in [-0.1, -0.05) is 0 Å². The van der Waals surface area contributed by atoms with E-state index < -0.39 is 6.10 Å². The van der Waals surface area contributed by atoms with Crippen molar-refractivity contribution in [2.24, 2.45) is 5.92 Å². The zero-order chi connectivity index (χ0) is 11.7. The predicted octanol–water partition coefficient (Wildman–Crippen LogP) is -0.370. The molecule has 1 aliphatic carbocycles. The van der Waals surface area contributed by atoms with Crippen molar-refractivity contribution in [1.82, 2.24) is 4.90 Å². The van der Waals surface area contributed by atoms with Crippen LogP contribution in [0.1, 0.15) is 12.8 Å². The zero-order valence-corrected chi connectivity index (χ0v) is 9.76. The number of carbonyl (C=O) groups excluding carboxylic acids is 1. The lowest BCUT2D eigenvalue weighted by Crippen LogP contribution is -2.49. The number of methoxy groups -OCH3 is 1. The van der Waals surface area contributed by atoms with Gasteiger partial charge in [-0.25, -0.2) is 0 Å². The van der Waals surface area contributed by atoms with Crippen molar-refractivity contribution in [3.05, 3.63) is 0 Å². The van der Waals surface area contributed by atoms with E-state index in [4.69, 9.17) is 9.47 Å². The Morgan fingerprint density at radius 3 is 2.62 bits per heavy atom. The van der Waals surface area contributed by atoms with E-state index in [-0.39, 0.29) is 18.1 Å². The Balaban J connectivity index is 1.96. The smallest absolute Gasteiger partial charge is 0.252 e. The number of amides is 1. The summed E-state index contributed by atoms with van der Waals surface area (Å²) in [5.41, 5.74) is 0. The molecule has 0 aromatic carbocycles. The van der Waals surface area contributed by atoms with Crippen LogP contribution in [-0.2, 0) is 14.3 Å². The van der Waals surface area contributed by atoms with Crippen LogP contribution in [0.5, 0.6) is 0 Å². The van der Waals surface area contributed by atoms with Gasteiger partial charge in [0.1, 0.15) is 6.10 Å². The van der Waals surface area contributed by atoms with E-state index in [0.717, 1.165) is 12.8 Å². The summed E-state index contributed by atoms with van der Waals surface area (Å²) in [5, 5.41) is 9.66. The van der Waals surface area contributed by atoms with E-state index in [9.17, 15) is 9.90 Å². The molecule has 3 atom stereocenters. The summed E-state index contributed by atoms with van der Waals surface area (Å²) >= 11 is 0. The van der Waals surface area contributed by atoms with Gasteiger partial charge in [0.05, 0.1) is 25.4 Å². The number of nitrogens with zero attached hydrogens (tertiary/aromatic N) is 1. The number of hydrogen-bond donors (Lipinski definition) is 1. The van der Waals surface area contributed by atoms with Crippen molar-refractivity contribution in [1.29, 1.82) is 0 Å². The number of carbonyl (C=O) groups is 1. The second-order valence-corrected chi connectivity index (χ2v) is 4.62. The number of aliphatic hydroxyl groups excluding tert-OH is 1. The summed E-state index contributed by atoms with van der Waals surface area (Å²) in [6.45, 7) is 0.716. The number of rotatable bonds is 4. The van der Waals surface area contributed by atoms with Crippen LogP contribution in [0.15, 0.2) is 0 Å². The van der Waals surface area contributed by atoms with Gasteiger partial charge in [-0.15, -0.1) is 0 Å². The SMILES string of the molecule is CO[C@@H](C(=O)N(C)[C@@H]1COC[C@H]1O)C1CC1. The molecule has 0 radical (unpaired) electrons. The number of ether oxygens (including phenoxy) is 2. The lowest BCUT2D eigenvalue weighted by molar-refractivity contribution is -0.145. The van der Waals surface area contributed by atoms with E-state index >= 15 is 0 Å². The van der Waals surface area contributed by atoms with Gasteiger partial charge in [-0.05, 0) is 18.8 Å². The molecule has 5 heteroatoms. The van der Waals surface area contributed by atoms with Gasteiger partial charge in [0.25, 0.3) is 5.91 Å². The van der Waals surface area contributed by atoms with Crippen molar-refractivity contribution >= 4 is 5.91 Å². The molecule has 0 unspecified atom stereocenters.